The van der Waals surface area contributed by atoms with Crippen LogP contribution in [0.1, 0.15) is 38.2 Å². The minimum absolute atomic E-state index is 0.0543. The molecular formula is C23H20Cl2F2N2O4S2. The molecule has 1 unspecified atom stereocenters. The first kappa shape index (κ1) is 25.8. The third-order valence-corrected chi connectivity index (χ3v) is 9.73. The lowest BCUT2D eigenvalue weighted by Gasteiger charge is -2.34. The Labute approximate surface area is 215 Å². The second-order valence-electron chi connectivity index (χ2n) is 8.68. The van der Waals surface area contributed by atoms with Crippen molar-refractivity contribution in [1.82, 2.24) is 9.62 Å². The zero-order valence-electron chi connectivity index (χ0n) is 18.4. The lowest BCUT2D eigenvalue weighted by molar-refractivity contribution is -0.127. The molecule has 0 bridgehead atoms. The van der Waals surface area contributed by atoms with Gasteiger partial charge in [-0.2, -0.15) is 0 Å². The molecule has 0 saturated carbocycles. The fraction of sp³-hybridized carbons (Fsp3) is 0.304. The van der Waals surface area contributed by atoms with Gasteiger partial charge in [0.05, 0.1) is 11.6 Å². The lowest BCUT2D eigenvalue weighted by atomic mass is 9.74. The predicted molar refractivity (Wildman–Crippen MR) is 129 cm³/mol. The van der Waals surface area contributed by atoms with Crippen LogP contribution in [0.4, 0.5) is 8.78 Å². The molecule has 1 saturated heterocycles. The molecule has 1 aromatic heterocycles. The van der Waals surface area contributed by atoms with Crippen LogP contribution in [0.25, 0.3) is 0 Å². The molecule has 1 aliphatic heterocycles. The third-order valence-electron chi connectivity index (χ3n) is 6.05. The van der Waals surface area contributed by atoms with Crippen LogP contribution in [0, 0.1) is 17.0 Å². The van der Waals surface area contributed by atoms with E-state index in [0.29, 0.717) is 23.3 Å². The fourth-order valence-electron chi connectivity index (χ4n) is 4.52. The monoisotopic (exact) mass is 560 g/mol. The molecular weight excluding hydrogens is 541 g/mol. The van der Waals surface area contributed by atoms with Crippen LogP contribution in [-0.2, 0) is 26.2 Å². The first-order valence-electron chi connectivity index (χ1n) is 10.6. The number of rotatable bonds is 6. The van der Waals surface area contributed by atoms with Gasteiger partial charge in [-0.15, -0.1) is 11.3 Å². The van der Waals surface area contributed by atoms with Crippen LogP contribution in [0.3, 0.4) is 0 Å². The summed E-state index contributed by atoms with van der Waals surface area (Å²) in [6.45, 7) is 2.01. The molecule has 1 aromatic carbocycles. The Morgan fingerprint density at radius 3 is 2.66 bits per heavy atom. The van der Waals surface area contributed by atoms with E-state index in [9.17, 15) is 26.8 Å². The summed E-state index contributed by atoms with van der Waals surface area (Å²) in [4.78, 5) is 26.8. The number of benzene rings is 1. The molecule has 2 aliphatic rings. The normalized spacial score (nSPS) is 20.6. The molecule has 4 rings (SSSR count). The molecule has 12 heteroatoms. The maximum absolute atomic E-state index is 13.7. The first-order chi connectivity index (χ1) is 16.4. The highest BCUT2D eigenvalue weighted by atomic mass is 35.5. The van der Waals surface area contributed by atoms with Crippen molar-refractivity contribution in [2.45, 2.75) is 43.4 Å². The Kier molecular flexibility index (Phi) is 7.11. The van der Waals surface area contributed by atoms with Crippen LogP contribution in [-0.4, -0.2) is 25.1 Å². The molecule has 2 amide bonds. The van der Waals surface area contributed by atoms with Crippen molar-refractivity contribution in [3.8, 4) is 0 Å². The second-order valence-corrected chi connectivity index (χ2v) is 12.7. The summed E-state index contributed by atoms with van der Waals surface area (Å²) in [6, 6.07) is 4.64. The second kappa shape index (κ2) is 9.65. The van der Waals surface area contributed by atoms with Crippen molar-refractivity contribution in [2.75, 3.05) is 0 Å². The van der Waals surface area contributed by atoms with Crippen LogP contribution < -0.4 is 4.72 Å². The van der Waals surface area contributed by atoms with Crippen molar-refractivity contribution >= 4 is 56.4 Å². The van der Waals surface area contributed by atoms with Crippen molar-refractivity contribution in [2.24, 2.45) is 5.41 Å². The van der Waals surface area contributed by atoms with E-state index in [0.717, 1.165) is 48.5 Å². The number of fused-ring (bicyclic) bond motifs is 1. The number of carbonyl (C=O) groups is 2. The van der Waals surface area contributed by atoms with Gasteiger partial charge >= 0.3 is 0 Å². The first-order valence-corrected chi connectivity index (χ1v) is 13.6. The van der Waals surface area contributed by atoms with Gasteiger partial charge in [-0.1, -0.05) is 42.3 Å². The van der Waals surface area contributed by atoms with Gasteiger partial charge in [-0.05, 0) is 48.6 Å². The highest BCUT2D eigenvalue weighted by molar-refractivity contribution is 7.92. The minimum atomic E-state index is -4.16. The molecule has 1 N–H and O–H groups in total. The average molecular weight is 561 g/mol. The van der Waals surface area contributed by atoms with Gasteiger partial charge in [-0.3, -0.25) is 9.59 Å². The zero-order valence-corrected chi connectivity index (χ0v) is 21.6. The minimum Gasteiger partial charge on any atom is -0.311 e. The van der Waals surface area contributed by atoms with Crippen molar-refractivity contribution < 1.29 is 26.8 Å². The van der Waals surface area contributed by atoms with E-state index in [2.05, 4.69) is 0 Å². The van der Waals surface area contributed by atoms with E-state index in [1.165, 1.54) is 17.0 Å². The van der Waals surface area contributed by atoms with Gasteiger partial charge in [0.1, 0.15) is 8.55 Å². The van der Waals surface area contributed by atoms with Gasteiger partial charge in [0.2, 0.25) is 5.91 Å². The van der Waals surface area contributed by atoms with E-state index in [-0.39, 0.29) is 32.4 Å². The van der Waals surface area contributed by atoms with E-state index in [1.54, 1.807) is 0 Å². The Balaban J connectivity index is 1.60. The molecule has 0 spiro atoms. The van der Waals surface area contributed by atoms with Gasteiger partial charge in [-0.25, -0.2) is 21.9 Å². The smallest absolute Gasteiger partial charge is 0.273 e. The molecule has 0 radical (unpaired) electrons. The molecule has 1 atom stereocenters. The Morgan fingerprint density at radius 1 is 1.26 bits per heavy atom. The molecule has 186 valence electrons. The summed E-state index contributed by atoms with van der Waals surface area (Å²) in [5.41, 5.74) is 1.38. The van der Waals surface area contributed by atoms with Gasteiger partial charge in [0, 0.05) is 23.6 Å². The predicted octanol–water partition coefficient (Wildman–Crippen LogP) is 5.57. The third kappa shape index (κ3) is 5.30. The Morgan fingerprint density at radius 2 is 2.00 bits per heavy atom. The summed E-state index contributed by atoms with van der Waals surface area (Å²) in [6.07, 6.45) is 4.95. The van der Waals surface area contributed by atoms with E-state index in [1.807, 2.05) is 11.6 Å². The largest absolute Gasteiger partial charge is 0.311 e. The number of hydrogen-bond donors (Lipinski definition) is 1. The van der Waals surface area contributed by atoms with E-state index >= 15 is 0 Å². The number of nitrogens with one attached hydrogen (secondary N) is 1. The standard InChI is InChI=1S/C23H20Cl2F2N2O4S2/c1-23-8-2-3-14(5-7-18(30)28-35(32,33)20-10-15(24)22(25)34-20)21(23)29(19(31)11-23)12-13-4-6-16(26)17(27)9-13/h4-7,9-10H,2-3,8,11-12H2,1H3,(H,28,30)/b7-5+. The van der Waals surface area contributed by atoms with Gasteiger partial charge in [0.25, 0.3) is 15.9 Å². The van der Waals surface area contributed by atoms with Crippen LogP contribution in [0.5, 0.6) is 0 Å². The topological polar surface area (TPSA) is 83.6 Å². The van der Waals surface area contributed by atoms with Crippen LogP contribution in [0.15, 0.2) is 51.9 Å². The highest BCUT2D eigenvalue weighted by Gasteiger charge is 2.46. The van der Waals surface area contributed by atoms with Gasteiger partial charge in [0.15, 0.2) is 11.6 Å². The number of sulfonamides is 1. The number of allylic oxidation sites excluding steroid dienone is 3. The van der Waals surface area contributed by atoms with Crippen LogP contribution in [0.2, 0.25) is 9.36 Å². The van der Waals surface area contributed by atoms with Crippen molar-refractivity contribution in [3.63, 3.8) is 0 Å². The molecule has 6 nitrogen and oxygen atoms in total. The maximum Gasteiger partial charge on any atom is 0.273 e. The molecule has 2 aromatic rings. The molecule has 2 heterocycles. The summed E-state index contributed by atoms with van der Waals surface area (Å²) < 4.78 is 53.8. The number of likely N-dealkylation sites (tertiary alicyclic amines) is 1. The SMILES string of the molecule is CC12CCCC(/C=C/C(=O)NS(=O)(=O)c3cc(Cl)c(Cl)s3)=C1N(Cc1ccc(F)c(F)c1)C(=O)C2. The molecule has 1 fully saturated rings. The Bertz CT molecular complexity index is 1370. The summed E-state index contributed by atoms with van der Waals surface area (Å²) in [5.74, 6) is -3.00. The van der Waals surface area contributed by atoms with E-state index < -0.39 is 33.0 Å². The van der Waals surface area contributed by atoms with Crippen molar-refractivity contribution in [1.29, 1.82) is 0 Å². The average Bonchev–Trinajstić information content (AvgIpc) is 3.24. The number of thiophene rings is 1. The number of hydrogen-bond acceptors (Lipinski definition) is 5. The molecule has 35 heavy (non-hydrogen) atoms. The number of nitrogens with zero attached hydrogens (tertiary/aromatic N) is 1. The van der Waals surface area contributed by atoms with Crippen LogP contribution >= 0.6 is 34.5 Å². The number of carbonyl (C=O) groups excluding carboxylic acids is 2. The highest BCUT2D eigenvalue weighted by Crippen LogP contribution is 2.50. The van der Waals surface area contributed by atoms with Crippen molar-refractivity contribution in [3.05, 3.63) is 74.2 Å². The summed E-state index contributed by atoms with van der Waals surface area (Å²) >= 11 is 12.4. The van der Waals surface area contributed by atoms with Gasteiger partial charge < -0.3 is 4.90 Å². The summed E-state index contributed by atoms with van der Waals surface area (Å²) in [5, 5.41) is 0.0699. The number of amides is 2. The Hall–Kier alpha value is -2.27. The summed E-state index contributed by atoms with van der Waals surface area (Å²) in [7, 11) is -4.16. The quantitative estimate of drug-likeness (QED) is 0.468. The van der Waals surface area contributed by atoms with E-state index in [4.69, 9.17) is 23.2 Å². The maximum atomic E-state index is 13.7. The lowest BCUT2D eigenvalue weighted by Crippen LogP contribution is -2.29. The molecule has 1 aliphatic carbocycles. The fourth-order valence-corrected chi connectivity index (χ4v) is 7.35. The number of halogens is 4. The zero-order chi connectivity index (χ0) is 25.5.